The average molecular weight is 301 g/mol. The zero-order valence-corrected chi connectivity index (χ0v) is 11.5. The van der Waals surface area contributed by atoms with E-state index in [1.54, 1.807) is 6.92 Å². The van der Waals surface area contributed by atoms with Crippen LogP contribution in [0.1, 0.15) is 13.3 Å². The van der Waals surface area contributed by atoms with Crippen LogP contribution in [-0.2, 0) is 4.79 Å². The Bertz CT molecular complexity index is 552. The van der Waals surface area contributed by atoms with Gasteiger partial charge in [-0.15, -0.1) is 0 Å². The second-order valence-corrected chi connectivity index (χ2v) is 5.16. The first kappa shape index (κ1) is 14.6. The molecule has 0 aromatic heterocycles. The summed E-state index contributed by atoms with van der Waals surface area (Å²) in [5.74, 6) is -2.14. The van der Waals surface area contributed by atoms with Crippen molar-refractivity contribution in [3.05, 3.63) is 29.0 Å². The van der Waals surface area contributed by atoms with Gasteiger partial charge in [-0.05, 0) is 31.5 Å². The van der Waals surface area contributed by atoms with Crippen LogP contribution in [0.2, 0.25) is 5.02 Å². The minimum Gasteiger partial charge on any atom is -0.481 e. The highest BCUT2D eigenvalue weighted by atomic mass is 35.5. The number of likely N-dealkylation sites (tertiary alicyclic amines) is 1. The highest BCUT2D eigenvalue weighted by molar-refractivity contribution is 6.30. The molecule has 7 heteroatoms. The Morgan fingerprint density at radius 1 is 1.50 bits per heavy atom. The minimum atomic E-state index is -0.925. The van der Waals surface area contributed by atoms with Gasteiger partial charge in [0, 0.05) is 17.6 Å². The SMILES string of the molecule is CC1C(C(=O)O)CCN1C(=O)Nc1ccc(Cl)cc1F. The highest BCUT2D eigenvalue weighted by Crippen LogP contribution is 2.26. The standard InChI is InChI=1S/C13H14ClFN2O3/c1-7-9(12(18)19)4-5-17(7)13(20)16-11-3-2-8(14)6-10(11)15/h2-3,6-7,9H,4-5H2,1H3,(H,16,20)(H,18,19). The molecule has 0 radical (unpaired) electrons. The lowest BCUT2D eigenvalue weighted by molar-refractivity contribution is -0.142. The largest absolute Gasteiger partial charge is 0.481 e. The van der Waals surface area contributed by atoms with Crippen molar-refractivity contribution < 1.29 is 19.1 Å². The summed E-state index contributed by atoms with van der Waals surface area (Å²) in [4.78, 5) is 24.4. The summed E-state index contributed by atoms with van der Waals surface area (Å²) in [7, 11) is 0. The van der Waals surface area contributed by atoms with Gasteiger partial charge in [-0.2, -0.15) is 0 Å². The molecule has 2 atom stereocenters. The fourth-order valence-corrected chi connectivity index (χ4v) is 2.49. The summed E-state index contributed by atoms with van der Waals surface area (Å²) < 4.78 is 13.6. The summed E-state index contributed by atoms with van der Waals surface area (Å²) in [6, 6.07) is 2.99. The van der Waals surface area contributed by atoms with Crippen molar-refractivity contribution in [2.45, 2.75) is 19.4 Å². The van der Waals surface area contributed by atoms with Crippen LogP contribution < -0.4 is 5.32 Å². The number of rotatable bonds is 2. The lowest BCUT2D eigenvalue weighted by atomic mass is 10.0. The lowest BCUT2D eigenvalue weighted by Crippen LogP contribution is -2.40. The van der Waals surface area contributed by atoms with Crippen molar-refractivity contribution >= 4 is 29.3 Å². The molecule has 1 heterocycles. The van der Waals surface area contributed by atoms with Gasteiger partial charge < -0.3 is 15.3 Å². The molecule has 1 saturated heterocycles. The van der Waals surface area contributed by atoms with E-state index < -0.39 is 29.8 Å². The number of benzene rings is 1. The number of nitrogens with zero attached hydrogens (tertiary/aromatic N) is 1. The molecule has 0 bridgehead atoms. The number of aliphatic carboxylic acids is 1. The molecule has 2 rings (SSSR count). The zero-order chi connectivity index (χ0) is 14.9. The molecule has 0 aliphatic carbocycles. The van der Waals surface area contributed by atoms with E-state index in [4.69, 9.17) is 16.7 Å². The Balaban J connectivity index is 2.07. The highest BCUT2D eigenvalue weighted by Gasteiger charge is 2.38. The molecule has 0 saturated carbocycles. The number of anilines is 1. The number of carboxylic acids is 1. The Labute approximate surface area is 120 Å². The molecular weight excluding hydrogens is 287 g/mol. The normalized spacial score (nSPS) is 21.9. The van der Waals surface area contributed by atoms with Gasteiger partial charge in [-0.25, -0.2) is 9.18 Å². The third-order valence-corrected chi connectivity index (χ3v) is 3.74. The van der Waals surface area contributed by atoms with Crippen LogP contribution in [0, 0.1) is 11.7 Å². The van der Waals surface area contributed by atoms with E-state index in [9.17, 15) is 14.0 Å². The van der Waals surface area contributed by atoms with Crippen LogP contribution in [0.25, 0.3) is 0 Å². The van der Waals surface area contributed by atoms with Gasteiger partial charge in [0.1, 0.15) is 5.82 Å². The van der Waals surface area contributed by atoms with E-state index in [2.05, 4.69) is 5.32 Å². The van der Waals surface area contributed by atoms with Gasteiger partial charge in [0.25, 0.3) is 0 Å². The van der Waals surface area contributed by atoms with Gasteiger partial charge in [0.05, 0.1) is 11.6 Å². The Morgan fingerprint density at radius 2 is 2.20 bits per heavy atom. The van der Waals surface area contributed by atoms with E-state index in [1.165, 1.54) is 17.0 Å². The second-order valence-electron chi connectivity index (χ2n) is 4.72. The molecule has 1 aromatic rings. The quantitative estimate of drug-likeness (QED) is 0.882. The fourth-order valence-electron chi connectivity index (χ4n) is 2.33. The van der Waals surface area contributed by atoms with Gasteiger partial charge in [-0.1, -0.05) is 11.6 Å². The molecule has 2 amide bonds. The van der Waals surface area contributed by atoms with E-state index in [0.29, 0.717) is 13.0 Å². The smallest absolute Gasteiger partial charge is 0.322 e. The molecule has 1 aliphatic heterocycles. The van der Waals surface area contributed by atoms with E-state index in [1.807, 2.05) is 0 Å². The summed E-state index contributed by atoms with van der Waals surface area (Å²) in [5, 5.41) is 11.7. The van der Waals surface area contributed by atoms with Gasteiger partial charge in [0.2, 0.25) is 0 Å². The number of hydrogen-bond acceptors (Lipinski definition) is 2. The van der Waals surface area contributed by atoms with Gasteiger partial charge in [0.15, 0.2) is 0 Å². The van der Waals surface area contributed by atoms with Crippen LogP contribution in [0.15, 0.2) is 18.2 Å². The topological polar surface area (TPSA) is 69.6 Å². The lowest BCUT2D eigenvalue weighted by Gasteiger charge is -2.23. The van der Waals surface area contributed by atoms with Crippen LogP contribution in [0.5, 0.6) is 0 Å². The third kappa shape index (κ3) is 2.85. The van der Waals surface area contributed by atoms with Crippen LogP contribution in [0.3, 0.4) is 0 Å². The van der Waals surface area contributed by atoms with Crippen LogP contribution >= 0.6 is 11.6 Å². The number of carboxylic acid groups (broad SMARTS) is 1. The Kier molecular flexibility index (Phi) is 4.13. The number of amides is 2. The minimum absolute atomic E-state index is 0.0189. The number of halogens is 2. The molecule has 0 spiro atoms. The van der Waals surface area contributed by atoms with Gasteiger partial charge in [-0.3, -0.25) is 4.79 Å². The molecule has 5 nitrogen and oxygen atoms in total. The summed E-state index contributed by atoms with van der Waals surface area (Å²) in [5.41, 5.74) is 0.0189. The summed E-state index contributed by atoms with van der Waals surface area (Å²) in [6.45, 7) is 2.00. The summed E-state index contributed by atoms with van der Waals surface area (Å²) >= 11 is 5.63. The predicted molar refractivity (Wildman–Crippen MR) is 72.3 cm³/mol. The van der Waals surface area contributed by atoms with Crippen molar-refractivity contribution in [3.8, 4) is 0 Å². The van der Waals surface area contributed by atoms with Crippen molar-refractivity contribution in [2.24, 2.45) is 5.92 Å². The van der Waals surface area contributed by atoms with Crippen molar-refractivity contribution in [3.63, 3.8) is 0 Å². The molecule has 1 aromatic carbocycles. The van der Waals surface area contributed by atoms with E-state index >= 15 is 0 Å². The molecule has 1 fully saturated rings. The number of hydrogen-bond donors (Lipinski definition) is 2. The molecular formula is C13H14ClFN2O3. The second kappa shape index (κ2) is 5.66. The van der Waals surface area contributed by atoms with Crippen molar-refractivity contribution in [1.82, 2.24) is 4.90 Å². The Morgan fingerprint density at radius 3 is 2.75 bits per heavy atom. The zero-order valence-electron chi connectivity index (χ0n) is 10.8. The number of carbonyl (C=O) groups excluding carboxylic acids is 1. The predicted octanol–water partition coefficient (Wildman–Crippen LogP) is 2.81. The van der Waals surface area contributed by atoms with Crippen LogP contribution in [-0.4, -0.2) is 34.6 Å². The van der Waals surface area contributed by atoms with Crippen molar-refractivity contribution in [1.29, 1.82) is 0 Å². The number of nitrogens with one attached hydrogen (secondary N) is 1. The first-order valence-corrected chi connectivity index (χ1v) is 6.53. The Hall–Kier alpha value is -1.82. The summed E-state index contributed by atoms with van der Waals surface area (Å²) in [6.07, 6.45) is 0.396. The molecule has 2 N–H and O–H groups in total. The number of urea groups is 1. The molecule has 2 unspecified atom stereocenters. The maximum Gasteiger partial charge on any atom is 0.322 e. The molecule has 1 aliphatic rings. The van der Waals surface area contributed by atoms with E-state index in [0.717, 1.165) is 6.07 Å². The maximum atomic E-state index is 13.6. The van der Waals surface area contributed by atoms with E-state index in [-0.39, 0.29) is 10.7 Å². The molecule has 108 valence electrons. The van der Waals surface area contributed by atoms with Crippen molar-refractivity contribution in [2.75, 3.05) is 11.9 Å². The first-order valence-electron chi connectivity index (χ1n) is 6.15. The van der Waals surface area contributed by atoms with Gasteiger partial charge >= 0.3 is 12.0 Å². The number of carbonyl (C=O) groups is 2. The maximum absolute atomic E-state index is 13.6. The van der Waals surface area contributed by atoms with Crippen LogP contribution in [0.4, 0.5) is 14.9 Å². The average Bonchev–Trinajstić information content (AvgIpc) is 2.74. The fraction of sp³-hybridized carbons (Fsp3) is 0.385. The monoisotopic (exact) mass is 300 g/mol. The first-order chi connectivity index (χ1) is 9.40. The third-order valence-electron chi connectivity index (χ3n) is 3.51. The molecule has 20 heavy (non-hydrogen) atoms.